The molecule has 1 aromatic rings. The second kappa shape index (κ2) is 6.61. The van der Waals surface area contributed by atoms with Gasteiger partial charge in [-0.2, -0.15) is 0 Å². The zero-order valence-corrected chi connectivity index (χ0v) is 12.8. The van der Waals surface area contributed by atoms with Gasteiger partial charge in [-0.3, -0.25) is 11.3 Å². The van der Waals surface area contributed by atoms with Crippen LogP contribution in [0.3, 0.4) is 0 Å². The number of ether oxygens (including phenoxy) is 1. The summed E-state index contributed by atoms with van der Waals surface area (Å²) in [6, 6.07) is 1.91. The van der Waals surface area contributed by atoms with Crippen LogP contribution in [0.2, 0.25) is 0 Å². The Balaban J connectivity index is 3.34. The van der Waals surface area contributed by atoms with Crippen LogP contribution in [0.25, 0.3) is 0 Å². The number of halogens is 2. The van der Waals surface area contributed by atoms with Crippen molar-refractivity contribution in [1.82, 2.24) is 5.43 Å². The number of hydrogen-bond donors (Lipinski definition) is 2. The van der Waals surface area contributed by atoms with Crippen LogP contribution in [-0.4, -0.2) is 12.7 Å². The van der Waals surface area contributed by atoms with Gasteiger partial charge < -0.3 is 4.74 Å². The molecule has 2 unspecified atom stereocenters. The number of hydrogen-bond acceptors (Lipinski definition) is 3. The number of aryl methyl sites for hydroxylation is 1. The summed E-state index contributed by atoms with van der Waals surface area (Å²) in [4.78, 5) is 0. The van der Waals surface area contributed by atoms with Crippen LogP contribution in [0.1, 0.15) is 44.9 Å². The second-order valence-corrected chi connectivity index (χ2v) is 5.98. The maximum atomic E-state index is 14.3. The van der Waals surface area contributed by atoms with Gasteiger partial charge in [0.1, 0.15) is 11.6 Å². The second-order valence-electron chi connectivity index (χ2n) is 5.98. The fraction of sp³-hybridized carbons (Fsp3) is 0.600. The molecule has 0 amide bonds. The molecule has 1 aromatic carbocycles. The van der Waals surface area contributed by atoms with E-state index in [0.29, 0.717) is 12.2 Å². The van der Waals surface area contributed by atoms with E-state index in [1.165, 1.54) is 12.1 Å². The maximum Gasteiger partial charge on any atom is 0.133 e. The highest BCUT2D eigenvalue weighted by molar-refractivity contribution is 5.30. The number of rotatable bonds is 5. The van der Waals surface area contributed by atoms with Crippen molar-refractivity contribution < 1.29 is 13.5 Å². The van der Waals surface area contributed by atoms with Crippen molar-refractivity contribution in [1.29, 1.82) is 0 Å². The average Bonchev–Trinajstić information content (AvgIpc) is 2.36. The molecule has 0 heterocycles. The third-order valence-electron chi connectivity index (χ3n) is 3.31. The smallest absolute Gasteiger partial charge is 0.133 e. The number of nitrogens with one attached hydrogen (secondary N) is 1. The molecule has 0 spiro atoms. The normalized spacial score (nSPS) is 15.2. The monoisotopic (exact) mass is 286 g/mol. The molecule has 0 fully saturated rings. The van der Waals surface area contributed by atoms with Gasteiger partial charge in [-0.25, -0.2) is 8.78 Å². The van der Waals surface area contributed by atoms with Crippen molar-refractivity contribution in [3.05, 3.63) is 34.9 Å². The average molecular weight is 286 g/mol. The van der Waals surface area contributed by atoms with Gasteiger partial charge in [0.2, 0.25) is 0 Å². The summed E-state index contributed by atoms with van der Waals surface area (Å²) in [6.07, 6.45) is -0.455. The lowest BCUT2D eigenvalue weighted by atomic mass is 9.81. The minimum atomic E-state index is -0.755. The molecule has 0 aromatic heterocycles. The Labute approximate surface area is 119 Å². The summed E-state index contributed by atoms with van der Waals surface area (Å²) in [5.74, 6) is 4.36. The first-order valence-electron chi connectivity index (χ1n) is 6.76. The van der Waals surface area contributed by atoms with E-state index in [2.05, 4.69) is 5.43 Å². The minimum Gasteiger partial charge on any atom is -0.376 e. The molecule has 0 saturated heterocycles. The first-order chi connectivity index (χ1) is 9.23. The topological polar surface area (TPSA) is 47.3 Å². The van der Waals surface area contributed by atoms with E-state index in [9.17, 15) is 8.78 Å². The van der Waals surface area contributed by atoms with Crippen LogP contribution in [0, 0.1) is 24.0 Å². The Hall–Kier alpha value is -1.04. The molecule has 0 aliphatic rings. The molecule has 20 heavy (non-hydrogen) atoms. The summed E-state index contributed by atoms with van der Waals surface area (Å²) < 4.78 is 34.1. The highest BCUT2D eigenvalue weighted by Crippen LogP contribution is 2.35. The van der Waals surface area contributed by atoms with Crippen molar-refractivity contribution in [3.8, 4) is 0 Å². The lowest BCUT2D eigenvalue weighted by Crippen LogP contribution is -2.45. The van der Waals surface area contributed by atoms with Crippen molar-refractivity contribution in [2.45, 2.75) is 46.8 Å². The first kappa shape index (κ1) is 17.0. The molecule has 3 nitrogen and oxygen atoms in total. The Kier molecular flexibility index (Phi) is 5.62. The summed E-state index contributed by atoms with van der Waals surface area (Å²) in [7, 11) is 0. The number of benzene rings is 1. The quantitative estimate of drug-likeness (QED) is 0.645. The molecule has 0 bridgehead atoms. The van der Waals surface area contributed by atoms with Crippen molar-refractivity contribution in [3.63, 3.8) is 0 Å². The van der Waals surface area contributed by atoms with Gasteiger partial charge in [0.15, 0.2) is 0 Å². The number of hydrazine groups is 1. The highest BCUT2D eigenvalue weighted by atomic mass is 19.1. The van der Waals surface area contributed by atoms with E-state index < -0.39 is 23.8 Å². The van der Waals surface area contributed by atoms with Gasteiger partial charge in [-0.1, -0.05) is 26.8 Å². The lowest BCUT2D eigenvalue weighted by molar-refractivity contribution is -0.0381. The molecule has 5 heteroatoms. The summed E-state index contributed by atoms with van der Waals surface area (Å²) >= 11 is 0. The Morgan fingerprint density at radius 2 is 1.90 bits per heavy atom. The van der Waals surface area contributed by atoms with Crippen molar-refractivity contribution in [2.75, 3.05) is 6.61 Å². The van der Waals surface area contributed by atoms with E-state index in [1.54, 1.807) is 6.92 Å². The van der Waals surface area contributed by atoms with Gasteiger partial charge in [0.25, 0.3) is 0 Å². The third kappa shape index (κ3) is 3.53. The zero-order chi connectivity index (χ0) is 15.5. The molecule has 114 valence electrons. The van der Waals surface area contributed by atoms with E-state index >= 15 is 0 Å². The van der Waals surface area contributed by atoms with Crippen LogP contribution in [0.5, 0.6) is 0 Å². The fourth-order valence-electron chi connectivity index (χ4n) is 2.31. The van der Waals surface area contributed by atoms with Gasteiger partial charge in [-0.15, -0.1) is 0 Å². The van der Waals surface area contributed by atoms with Crippen LogP contribution in [0.4, 0.5) is 8.78 Å². The summed E-state index contributed by atoms with van der Waals surface area (Å²) in [6.45, 7) is 9.72. The molecular formula is C15H24F2N2O. The highest BCUT2D eigenvalue weighted by Gasteiger charge is 2.36. The SMILES string of the molecule is CCOC(C(NN)c1c(F)ccc(C)c1F)C(C)(C)C. The molecule has 3 N–H and O–H groups in total. The van der Waals surface area contributed by atoms with Gasteiger partial charge in [0.05, 0.1) is 12.1 Å². The zero-order valence-electron chi connectivity index (χ0n) is 12.8. The standard InChI is InChI=1S/C15H24F2N2O/c1-6-20-14(15(3,4)5)13(19-18)11-10(16)8-7-9(2)12(11)17/h7-8,13-14,19H,6,18H2,1-5H3. The Bertz CT molecular complexity index is 458. The third-order valence-corrected chi connectivity index (χ3v) is 3.31. The molecule has 0 saturated carbocycles. The predicted octanol–water partition coefficient (Wildman–Crippen LogP) is 3.23. The fourth-order valence-corrected chi connectivity index (χ4v) is 2.31. The molecule has 1 rings (SSSR count). The van der Waals surface area contributed by atoms with Crippen LogP contribution < -0.4 is 11.3 Å². The molecule has 0 aliphatic heterocycles. The number of nitrogens with two attached hydrogens (primary N) is 1. The Morgan fingerprint density at radius 3 is 2.35 bits per heavy atom. The molecular weight excluding hydrogens is 262 g/mol. The van der Waals surface area contributed by atoms with Crippen molar-refractivity contribution in [2.24, 2.45) is 11.3 Å². The van der Waals surface area contributed by atoms with Crippen LogP contribution >= 0.6 is 0 Å². The van der Waals surface area contributed by atoms with E-state index in [1.807, 2.05) is 27.7 Å². The van der Waals surface area contributed by atoms with Crippen LogP contribution in [-0.2, 0) is 4.74 Å². The van der Waals surface area contributed by atoms with Crippen LogP contribution in [0.15, 0.2) is 12.1 Å². The predicted molar refractivity (Wildman–Crippen MR) is 76.0 cm³/mol. The van der Waals surface area contributed by atoms with Gasteiger partial charge >= 0.3 is 0 Å². The van der Waals surface area contributed by atoms with Gasteiger partial charge in [-0.05, 0) is 30.9 Å². The largest absolute Gasteiger partial charge is 0.376 e. The Morgan fingerprint density at radius 1 is 1.30 bits per heavy atom. The minimum absolute atomic E-state index is 0.0686. The first-order valence-corrected chi connectivity index (χ1v) is 6.76. The lowest BCUT2D eigenvalue weighted by Gasteiger charge is -2.37. The van der Waals surface area contributed by atoms with E-state index in [-0.39, 0.29) is 11.0 Å². The van der Waals surface area contributed by atoms with E-state index in [4.69, 9.17) is 10.6 Å². The van der Waals surface area contributed by atoms with Crippen molar-refractivity contribution >= 4 is 0 Å². The van der Waals surface area contributed by atoms with E-state index in [0.717, 1.165) is 0 Å². The summed E-state index contributed by atoms with van der Waals surface area (Å²) in [5.41, 5.74) is 2.50. The maximum absolute atomic E-state index is 14.3. The molecule has 0 radical (unpaired) electrons. The summed E-state index contributed by atoms with van der Waals surface area (Å²) in [5, 5.41) is 0. The molecule has 2 atom stereocenters. The molecule has 0 aliphatic carbocycles. The van der Waals surface area contributed by atoms with Gasteiger partial charge in [0, 0.05) is 12.2 Å².